The number of ether oxygens (including phenoxy) is 3. The predicted octanol–water partition coefficient (Wildman–Crippen LogP) is 3.73. The second-order valence-corrected chi connectivity index (χ2v) is 8.68. The molecule has 3 rings (SSSR count). The molecule has 2 aromatic rings. The number of carbonyl (C=O) groups excluding carboxylic acids is 2. The minimum atomic E-state index is -0.511. The van der Waals surface area contributed by atoms with Gasteiger partial charge in [-0.15, -0.1) is 0 Å². The van der Waals surface area contributed by atoms with Gasteiger partial charge < -0.3 is 29.0 Å². The van der Waals surface area contributed by atoms with Crippen LogP contribution in [0.5, 0.6) is 5.88 Å². The lowest BCUT2D eigenvalue weighted by molar-refractivity contribution is 0.0187. The number of methoxy groups -OCH3 is 1. The quantitative estimate of drug-likeness (QED) is 0.654. The zero-order chi connectivity index (χ0) is 23.1. The van der Waals surface area contributed by atoms with E-state index in [4.69, 9.17) is 14.2 Å². The number of hydrogen-bond acceptors (Lipinski definition) is 6. The van der Waals surface area contributed by atoms with E-state index in [9.17, 15) is 9.59 Å². The van der Waals surface area contributed by atoms with Gasteiger partial charge in [0.05, 0.1) is 18.5 Å². The molecule has 0 bridgehead atoms. The zero-order valence-electron chi connectivity index (χ0n) is 19.2. The lowest BCUT2D eigenvalue weighted by atomic mass is 10.0. The van der Waals surface area contributed by atoms with Crippen LogP contribution in [0, 0.1) is 0 Å². The Hall–Kier alpha value is -3.07. The molecule has 9 nitrogen and oxygen atoms in total. The lowest BCUT2D eigenvalue weighted by Crippen LogP contribution is -2.42. The van der Waals surface area contributed by atoms with Crippen molar-refractivity contribution in [2.75, 3.05) is 38.7 Å². The number of rotatable bonds is 7. The molecule has 1 N–H and O–H groups in total. The minimum Gasteiger partial charge on any atom is -0.475 e. The number of nitrogens with one attached hydrogen (secondary N) is 1. The first-order valence-corrected chi connectivity index (χ1v) is 10.8. The Labute approximate surface area is 188 Å². The number of amides is 2. The standard InChI is InChI=1S/C23H32N4O5/c1-23(2,3)32-22(29)26-12-9-18(10-13-26)27-11-5-6-19(27)21(28)25-17-7-8-20(24-16-17)31-15-14-30-4/h5-8,11,16,18H,9-10,12-15H2,1-4H3,(H,25,28). The van der Waals surface area contributed by atoms with Crippen LogP contribution in [0.15, 0.2) is 36.7 Å². The van der Waals surface area contributed by atoms with Gasteiger partial charge in [0.2, 0.25) is 5.88 Å². The largest absolute Gasteiger partial charge is 0.475 e. The van der Waals surface area contributed by atoms with Gasteiger partial charge >= 0.3 is 6.09 Å². The van der Waals surface area contributed by atoms with Crippen LogP contribution in [-0.2, 0) is 9.47 Å². The number of aromatic nitrogens is 2. The molecule has 32 heavy (non-hydrogen) atoms. The molecular formula is C23H32N4O5. The summed E-state index contributed by atoms with van der Waals surface area (Å²) in [6.45, 7) is 7.66. The van der Waals surface area contributed by atoms with Crippen LogP contribution in [0.3, 0.4) is 0 Å². The van der Waals surface area contributed by atoms with Gasteiger partial charge in [0, 0.05) is 38.5 Å². The molecule has 0 saturated carbocycles. The molecule has 174 valence electrons. The fourth-order valence-electron chi connectivity index (χ4n) is 3.52. The zero-order valence-corrected chi connectivity index (χ0v) is 19.2. The van der Waals surface area contributed by atoms with Crippen LogP contribution < -0.4 is 10.1 Å². The summed E-state index contributed by atoms with van der Waals surface area (Å²) in [5.41, 5.74) is 0.644. The number of anilines is 1. The van der Waals surface area contributed by atoms with Gasteiger partial charge in [0.25, 0.3) is 5.91 Å². The van der Waals surface area contributed by atoms with E-state index >= 15 is 0 Å². The van der Waals surface area contributed by atoms with E-state index < -0.39 is 5.60 Å². The second-order valence-electron chi connectivity index (χ2n) is 8.68. The predicted molar refractivity (Wildman–Crippen MR) is 120 cm³/mol. The van der Waals surface area contributed by atoms with Crippen molar-refractivity contribution >= 4 is 17.7 Å². The van der Waals surface area contributed by atoms with E-state index in [0.29, 0.717) is 43.6 Å². The van der Waals surface area contributed by atoms with Crippen LogP contribution in [0.25, 0.3) is 0 Å². The van der Waals surface area contributed by atoms with E-state index in [2.05, 4.69) is 10.3 Å². The SMILES string of the molecule is COCCOc1ccc(NC(=O)c2cccn2C2CCN(C(=O)OC(C)(C)C)CC2)cn1. The highest BCUT2D eigenvalue weighted by atomic mass is 16.6. The molecule has 1 aliphatic rings. The Kier molecular flexibility index (Phi) is 7.74. The third-order valence-electron chi connectivity index (χ3n) is 5.05. The van der Waals surface area contributed by atoms with Crippen molar-refractivity contribution in [1.82, 2.24) is 14.5 Å². The summed E-state index contributed by atoms with van der Waals surface area (Å²) in [7, 11) is 1.61. The molecule has 1 aliphatic heterocycles. The summed E-state index contributed by atoms with van der Waals surface area (Å²) in [5.74, 6) is 0.264. The van der Waals surface area contributed by atoms with E-state index in [1.165, 1.54) is 0 Å². The van der Waals surface area contributed by atoms with Gasteiger partial charge in [-0.25, -0.2) is 9.78 Å². The molecule has 0 unspecified atom stereocenters. The Morgan fingerprint density at radius 1 is 1.16 bits per heavy atom. The van der Waals surface area contributed by atoms with Gasteiger partial charge in [0.15, 0.2) is 0 Å². The van der Waals surface area contributed by atoms with Gasteiger partial charge in [-0.1, -0.05) is 0 Å². The first-order valence-electron chi connectivity index (χ1n) is 10.8. The Balaban J connectivity index is 1.56. The normalized spacial score (nSPS) is 14.8. The molecule has 2 amide bonds. The maximum atomic E-state index is 12.9. The van der Waals surface area contributed by atoms with Gasteiger partial charge in [-0.2, -0.15) is 0 Å². The van der Waals surface area contributed by atoms with Crippen LogP contribution in [0.4, 0.5) is 10.5 Å². The third-order valence-corrected chi connectivity index (χ3v) is 5.05. The van der Waals surface area contributed by atoms with Gasteiger partial charge in [0.1, 0.15) is 17.9 Å². The summed E-state index contributed by atoms with van der Waals surface area (Å²) >= 11 is 0. The molecule has 0 spiro atoms. The highest BCUT2D eigenvalue weighted by Crippen LogP contribution is 2.26. The van der Waals surface area contributed by atoms with E-state index in [-0.39, 0.29) is 18.0 Å². The number of likely N-dealkylation sites (tertiary alicyclic amines) is 1. The second kappa shape index (κ2) is 10.5. The van der Waals surface area contributed by atoms with Crippen molar-refractivity contribution in [3.05, 3.63) is 42.4 Å². The minimum absolute atomic E-state index is 0.138. The summed E-state index contributed by atoms with van der Waals surface area (Å²) in [6.07, 6.45) is 4.69. The van der Waals surface area contributed by atoms with Crippen LogP contribution in [0.1, 0.15) is 50.1 Å². The van der Waals surface area contributed by atoms with Crippen LogP contribution in [-0.4, -0.2) is 65.5 Å². The van der Waals surface area contributed by atoms with E-state index in [1.807, 2.05) is 37.6 Å². The monoisotopic (exact) mass is 444 g/mol. The maximum absolute atomic E-state index is 12.9. The molecule has 9 heteroatoms. The molecule has 0 atom stereocenters. The van der Waals surface area contributed by atoms with Crippen molar-refractivity contribution < 1.29 is 23.8 Å². The van der Waals surface area contributed by atoms with Crippen molar-refractivity contribution in [2.45, 2.75) is 45.3 Å². The van der Waals surface area contributed by atoms with Crippen molar-refractivity contribution in [2.24, 2.45) is 0 Å². The number of piperidine rings is 1. The third kappa shape index (κ3) is 6.46. The molecule has 0 radical (unpaired) electrons. The Morgan fingerprint density at radius 3 is 2.53 bits per heavy atom. The number of hydrogen-bond donors (Lipinski definition) is 1. The Morgan fingerprint density at radius 2 is 1.91 bits per heavy atom. The average Bonchev–Trinajstić information content (AvgIpc) is 3.24. The average molecular weight is 445 g/mol. The molecule has 2 aromatic heterocycles. The highest BCUT2D eigenvalue weighted by Gasteiger charge is 2.28. The van der Waals surface area contributed by atoms with Gasteiger partial charge in [-0.05, 0) is 51.8 Å². The van der Waals surface area contributed by atoms with Crippen LogP contribution >= 0.6 is 0 Å². The maximum Gasteiger partial charge on any atom is 0.410 e. The van der Waals surface area contributed by atoms with Crippen molar-refractivity contribution in [3.63, 3.8) is 0 Å². The number of pyridine rings is 1. The summed E-state index contributed by atoms with van der Waals surface area (Å²) < 4.78 is 17.8. The fourth-order valence-corrected chi connectivity index (χ4v) is 3.52. The molecule has 0 aromatic carbocycles. The molecule has 1 fully saturated rings. The molecule has 3 heterocycles. The first kappa shape index (κ1) is 23.6. The summed E-state index contributed by atoms with van der Waals surface area (Å²) in [5, 5.41) is 2.88. The number of carbonyl (C=O) groups is 2. The van der Waals surface area contributed by atoms with Crippen molar-refractivity contribution in [1.29, 1.82) is 0 Å². The van der Waals surface area contributed by atoms with Gasteiger partial charge in [-0.3, -0.25) is 4.79 Å². The molecular weight excluding hydrogens is 412 g/mol. The summed E-state index contributed by atoms with van der Waals surface area (Å²) in [6, 6.07) is 7.25. The molecule has 1 saturated heterocycles. The van der Waals surface area contributed by atoms with Crippen molar-refractivity contribution in [3.8, 4) is 5.88 Å². The topological polar surface area (TPSA) is 94.9 Å². The Bertz CT molecular complexity index is 896. The van der Waals surface area contributed by atoms with E-state index in [1.54, 1.807) is 36.4 Å². The first-order chi connectivity index (χ1) is 15.3. The highest BCUT2D eigenvalue weighted by molar-refractivity contribution is 6.03. The van der Waals surface area contributed by atoms with E-state index in [0.717, 1.165) is 12.8 Å². The molecule has 0 aliphatic carbocycles. The number of nitrogens with zero attached hydrogens (tertiary/aromatic N) is 3. The summed E-state index contributed by atoms with van der Waals surface area (Å²) in [4.78, 5) is 31.1. The fraction of sp³-hybridized carbons (Fsp3) is 0.522. The lowest BCUT2D eigenvalue weighted by Gasteiger charge is -2.34. The van der Waals surface area contributed by atoms with Crippen LogP contribution in [0.2, 0.25) is 0 Å². The smallest absolute Gasteiger partial charge is 0.410 e.